The van der Waals surface area contributed by atoms with Crippen molar-refractivity contribution in [2.75, 3.05) is 11.4 Å². The van der Waals surface area contributed by atoms with Gasteiger partial charge in [0.2, 0.25) is 5.91 Å². The van der Waals surface area contributed by atoms with Crippen molar-refractivity contribution in [1.82, 2.24) is 0 Å². The number of carbonyl (C=O) groups is 1. The van der Waals surface area contributed by atoms with E-state index in [1.807, 2.05) is 0 Å². The number of thiol groups is 1. The third-order valence-corrected chi connectivity index (χ3v) is 3.31. The largest absolute Gasteiger partial charge is 0.310 e. The van der Waals surface area contributed by atoms with Crippen molar-refractivity contribution in [3.05, 3.63) is 28.2 Å². The summed E-state index contributed by atoms with van der Waals surface area (Å²) in [5, 5.41) is 9.05. The minimum Gasteiger partial charge on any atom is -0.310 e. The number of amides is 1. The summed E-state index contributed by atoms with van der Waals surface area (Å²) in [6, 6.07) is 7.39. The summed E-state index contributed by atoms with van der Waals surface area (Å²) in [4.78, 5) is 13.3. The minimum atomic E-state index is 0.0228. The molecular weight excluding hydrogens is 288 g/mol. The van der Waals surface area contributed by atoms with E-state index in [0.29, 0.717) is 24.2 Å². The first-order chi connectivity index (χ1) is 7.61. The van der Waals surface area contributed by atoms with Gasteiger partial charge in [-0.15, -0.1) is 0 Å². The Morgan fingerprint density at radius 1 is 1.56 bits per heavy atom. The summed E-state index contributed by atoms with van der Waals surface area (Å²) >= 11 is 7.63. The molecule has 2 rings (SSSR count). The lowest BCUT2D eigenvalue weighted by molar-refractivity contribution is -0.117. The fourth-order valence-corrected chi connectivity index (χ4v) is 2.41. The van der Waals surface area contributed by atoms with Crippen LogP contribution < -0.4 is 4.90 Å². The molecule has 0 N–H and O–H groups in total. The van der Waals surface area contributed by atoms with Crippen molar-refractivity contribution in [2.24, 2.45) is 0 Å². The highest BCUT2D eigenvalue weighted by molar-refractivity contribution is 9.10. The molecular formula is C11H9BrN2OS. The Bertz CT molecular complexity index is 483. The summed E-state index contributed by atoms with van der Waals surface area (Å²) in [5.74, 6) is 0.0228. The lowest BCUT2D eigenvalue weighted by Crippen LogP contribution is -2.25. The second-order valence-electron chi connectivity index (χ2n) is 3.64. The van der Waals surface area contributed by atoms with E-state index in [2.05, 4.69) is 34.6 Å². The van der Waals surface area contributed by atoms with Gasteiger partial charge in [0.15, 0.2) is 0 Å². The van der Waals surface area contributed by atoms with Gasteiger partial charge in [-0.1, -0.05) is 15.9 Å². The minimum absolute atomic E-state index is 0.0228. The van der Waals surface area contributed by atoms with E-state index in [4.69, 9.17) is 5.26 Å². The number of hydrogen-bond donors (Lipinski definition) is 1. The topological polar surface area (TPSA) is 44.1 Å². The van der Waals surface area contributed by atoms with Crippen LogP contribution in [0.25, 0.3) is 0 Å². The van der Waals surface area contributed by atoms with Crippen LogP contribution in [0.1, 0.15) is 12.0 Å². The fourth-order valence-electron chi connectivity index (χ4n) is 1.74. The average molecular weight is 297 g/mol. The highest BCUT2D eigenvalue weighted by Gasteiger charge is 2.29. The monoisotopic (exact) mass is 296 g/mol. The highest BCUT2D eigenvalue weighted by atomic mass is 79.9. The maximum Gasteiger partial charge on any atom is 0.228 e. The summed E-state index contributed by atoms with van der Waals surface area (Å²) < 4.78 is 0.858. The van der Waals surface area contributed by atoms with Gasteiger partial charge in [0.1, 0.15) is 6.07 Å². The van der Waals surface area contributed by atoms with Crippen molar-refractivity contribution in [3.63, 3.8) is 0 Å². The molecule has 1 aromatic rings. The van der Waals surface area contributed by atoms with Crippen LogP contribution in [0.15, 0.2) is 22.7 Å². The summed E-state index contributed by atoms with van der Waals surface area (Å²) in [6.45, 7) is 0.563. The Balaban J connectivity index is 2.44. The van der Waals surface area contributed by atoms with Crippen LogP contribution in [0.3, 0.4) is 0 Å². The Hall–Kier alpha value is -0.990. The molecule has 82 valence electrons. The Morgan fingerprint density at radius 3 is 2.88 bits per heavy atom. The number of benzene rings is 1. The van der Waals surface area contributed by atoms with Crippen LogP contribution >= 0.6 is 28.6 Å². The Morgan fingerprint density at radius 2 is 2.31 bits per heavy atom. The van der Waals surface area contributed by atoms with Crippen LogP contribution in [-0.2, 0) is 4.79 Å². The first-order valence-electron chi connectivity index (χ1n) is 4.80. The molecule has 1 aliphatic rings. The van der Waals surface area contributed by atoms with Gasteiger partial charge >= 0.3 is 0 Å². The van der Waals surface area contributed by atoms with E-state index in [1.54, 1.807) is 23.1 Å². The molecule has 0 spiro atoms. The molecule has 0 aromatic heterocycles. The second-order valence-corrected chi connectivity index (χ2v) is 5.28. The van der Waals surface area contributed by atoms with Crippen LogP contribution in [0.2, 0.25) is 0 Å². The molecule has 3 nitrogen and oxygen atoms in total. The number of hydrogen-bond acceptors (Lipinski definition) is 3. The smallest absolute Gasteiger partial charge is 0.228 e. The molecule has 0 radical (unpaired) electrons. The van der Waals surface area contributed by atoms with Gasteiger partial charge in [-0.3, -0.25) is 4.79 Å². The van der Waals surface area contributed by atoms with Gasteiger partial charge in [-0.25, -0.2) is 0 Å². The first-order valence-corrected chi connectivity index (χ1v) is 6.11. The second kappa shape index (κ2) is 4.48. The quantitative estimate of drug-likeness (QED) is 0.809. The molecule has 1 aromatic carbocycles. The van der Waals surface area contributed by atoms with Crippen molar-refractivity contribution in [1.29, 1.82) is 5.26 Å². The third-order valence-electron chi connectivity index (χ3n) is 2.48. The molecule has 5 heteroatoms. The van der Waals surface area contributed by atoms with E-state index in [-0.39, 0.29) is 11.2 Å². The zero-order chi connectivity index (χ0) is 11.7. The lowest BCUT2D eigenvalue weighted by Gasteiger charge is -2.17. The van der Waals surface area contributed by atoms with Gasteiger partial charge in [-0.2, -0.15) is 17.9 Å². The standard InChI is InChI=1S/C11H9BrN2OS/c12-8-2-1-7(5-13)10(3-8)14-6-9(16)4-11(14)15/h1-3,9,16H,4,6H2. The maximum atomic E-state index is 11.7. The molecule has 0 bridgehead atoms. The number of carbonyl (C=O) groups excluding carboxylic acids is 1. The molecule has 1 heterocycles. The maximum absolute atomic E-state index is 11.7. The number of rotatable bonds is 1. The third kappa shape index (κ3) is 2.08. The van der Waals surface area contributed by atoms with Crippen molar-refractivity contribution in [3.8, 4) is 6.07 Å². The molecule has 1 amide bonds. The number of nitrogens with zero attached hydrogens (tertiary/aromatic N) is 2. The summed E-state index contributed by atoms with van der Waals surface area (Å²) in [7, 11) is 0. The SMILES string of the molecule is N#Cc1ccc(Br)cc1N1CC(S)CC1=O. The zero-order valence-corrected chi connectivity index (χ0v) is 10.8. The summed E-state index contributed by atoms with van der Waals surface area (Å²) in [6.07, 6.45) is 0.431. The fraction of sp³-hybridized carbons (Fsp3) is 0.273. The van der Waals surface area contributed by atoms with E-state index >= 15 is 0 Å². The summed E-state index contributed by atoms with van der Waals surface area (Å²) in [5.41, 5.74) is 1.18. The molecule has 1 saturated heterocycles. The van der Waals surface area contributed by atoms with Crippen LogP contribution in [0, 0.1) is 11.3 Å². The number of halogens is 1. The molecule has 0 saturated carbocycles. The van der Waals surface area contributed by atoms with E-state index in [1.165, 1.54) is 0 Å². The van der Waals surface area contributed by atoms with Crippen LogP contribution in [-0.4, -0.2) is 17.7 Å². The average Bonchev–Trinajstić information content (AvgIpc) is 2.57. The van der Waals surface area contributed by atoms with E-state index < -0.39 is 0 Å². The predicted molar refractivity (Wildman–Crippen MR) is 68.6 cm³/mol. The van der Waals surface area contributed by atoms with Gasteiger partial charge in [0.25, 0.3) is 0 Å². The van der Waals surface area contributed by atoms with Crippen LogP contribution in [0.4, 0.5) is 5.69 Å². The normalized spacial score (nSPS) is 19.9. The molecule has 1 aliphatic heterocycles. The molecule has 0 aliphatic carbocycles. The Kier molecular flexibility index (Phi) is 3.22. The van der Waals surface area contributed by atoms with Gasteiger partial charge in [0.05, 0.1) is 11.3 Å². The van der Waals surface area contributed by atoms with Crippen molar-refractivity contribution >= 4 is 40.2 Å². The van der Waals surface area contributed by atoms with E-state index in [9.17, 15) is 4.79 Å². The Labute approximate surface area is 108 Å². The van der Waals surface area contributed by atoms with Crippen LogP contribution in [0.5, 0.6) is 0 Å². The van der Waals surface area contributed by atoms with Gasteiger partial charge in [0, 0.05) is 22.7 Å². The van der Waals surface area contributed by atoms with Crippen molar-refractivity contribution in [2.45, 2.75) is 11.7 Å². The molecule has 1 fully saturated rings. The predicted octanol–water partition coefficient (Wildman–Crippen LogP) is 2.36. The van der Waals surface area contributed by atoms with E-state index in [0.717, 1.165) is 4.47 Å². The molecule has 1 atom stereocenters. The number of anilines is 1. The highest BCUT2D eigenvalue weighted by Crippen LogP contribution is 2.29. The molecule has 1 unspecified atom stereocenters. The van der Waals surface area contributed by atoms with Crippen molar-refractivity contribution < 1.29 is 4.79 Å². The first kappa shape index (κ1) is 11.5. The number of nitriles is 1. The van der Waals surface area contributed by atoms with Gasteiger partial charge < -0.3 is 4.90 Å². The zero-order valence-electron chi connectivity index (χ0n) is 8.35. The van der Waals surface area contributed by atoms with Gasteiger partial charge in [-0.05, 0) is 18.2 Å². The lowest BCUT2D eigenvalue weighted by atomic mass is 10.2. The molecule has 16 heavy (non-hydrogen) atoms.